The van der Waals surface area contributed by atoms with Crippen LogP contribution in [0.15, 0.2) is 18.2 Å². The Balaban J connectivity index is 2.12. The number of rotatable bonds is 6. The number of piperidine rings is 1. The maximum absolute atomic E-state index is 12.5. The second kappa shape index (κ2) is 7.56. The average molecular weight is 301 g/mol. The van der Waals surface area contributed by atoms with E-state index >= 15 is 0 Å². The van der Waals surface area contributed by atoms with Crippen molar-refractivity contribution in [3.63, 3.8) is 0 Å². The number of hydrogen-bond acceptors (Lipinski definition) is 4. The first-order valence-electron chi connectivity index (χ1n) is 7.07. The van der Waals surface area contributed by atoms with Crippen LogP contribution in [0.4, 0.5) is 8.78 Å². The van der Waals surface area contributed by atoms with E-state index < -0.39 is 6.61 Å². The number of hydrogen-bond donors (Lipinski definition) is 1. The number of likely N-dealkylation sites (tertiary alicyclic amines) is 1. The van der Waals surface area contributed by atoms with Gasteiger partial charge in [0.15, 0.2) is 0 Å². The first-order valence-corrected chi connectivity index (χ1v) is 7.07. The number of aliphatic hydroxyl groups is 1. The van der Waals surface area contributed by atoms with Crippen LogP contribution in [0.1, 0.15) is 18.4 Å². The summed E-state index contributed by atoms with van der Waals surface area (Å²) < 4.78 is 34.7. The summed E-state index contributed by atoms with van der Waals surface area (Å²) >= 11 is 0. The van der Waals surface area contributed by atoms with Crippen LogP contribution in [0.5, 0.6) is 11.5 Å². The van der Waals surface area contributed by atoms with E-state index in [4.69, 9.17) is 4.74 Å². The zero-order valence-corrected chi connectivity index (χ0v) is 12.1. The second-order valence-electron chi connectivity index (χ2n) is 5.28. The van der Waals surface area contributed by atoms with Crippen molar-refractivity contribution in [1.82, 2.24) is 4.90 Å². The molecule has 0 spiro atoms. The van der Waals surface area contributed by atoms with Gasteiger partial charge in [0.2, 0.25) is 0 Å². The summed E-state index contributed by atoms with van der Waals surface area (Å²) in [6.07, 6.45) is 2.01. The summed E-state index contributed by atoms with van der Waals surface area (Å²) in [5.74, 6) is 1.04. The molecule has 2 rings (SSSR count). The van der Waals surface area contributed by atoms with Crippen molar-refractivity contribution < 1.29 is 23.4 Å². The van der Waals surface area contributed by atoms with Crippen molar-refractivity contribution >= 4 is 0 Å². The van der Waals surface area contributed by atoms with Crippen LogP contribution in [-0.2, 0) is 6.54 Å². The zero-order chi connectivity index (χ0) is 15.2. The van der Waals surface area contributed by atoms with Gasteiger partial charge in [-0.2, -0.15) is 8.78 Å². The fourth-order valence-corrected chi connectivity index (χ4v) is 2.70. The molecule has 1 aliphatic rings. The molecular formula is C15H21F2NO3. The summed E-state index contributed by atoms with van der Waals surface area (Å²) in [4.78, 5) is 2.15. The molecule has 0 aliphatic carbocycles. The van der Waals surface area contributed by atoms with Gasteiger partial charge in [-0.25, -0.2) is 0 Å². The topological polar surface area (TPSA) is 41.9 Å². The van der Waals surface area contributed by atoms with Crippen molar-refractivity contribution in [1.29, 1.82) is 0 Å². The summed E-state index contributed by atoms with van der Waals surface area (Å²) in [6.45, 7) is -0.516. The SMILES string of the molecule is COc1ccc(OC(F)F)c(CN2CCCC(CO)C2)c1. The Morgan fingerprint density at radius 1 is 1.43 bits per heavy atom. The fraction of sp³-hybridized carbons (Fsp3) is 0.600. The highest BCUT2D eigenvalue weighted by atomic mass is 19.3. The molecule has 118 valence electrons. The van der Waals surface area contributed by atoms with Gasteiger partial charge in [0.1, 0.15) is 11.5 Å². The van der Waals surface area contributed by atoms with Crippen LogP contribution >= 0.6 is 0 Å². The van der Waals surface area contributed by atoms with E-state index in [2.05, 4.69) is 9.64 Å². The minimum atomic E-state index is -2.84. The van der Waals surface area contributed by atoms with Crippen LogP contribution in [-0.4, -0.2) is 43.4 Å². The molecule has 21 heavy (non-hydrogen) atoms. The molecule has 4 nitrogen and oxygen atoms in total. The van der Waals surface area contributed by atoms with E-state index in [1.54, 1.807) is 12.1 Å². The van der Waals surface area contributed by atoms with E-state index in [9.17, 15) is 13.9 Å². The molecule has 1 heterocycles. The normalized spacial score (nSPS) is 19.8. The monoisotopic (exact) mass is 301 g/mol. The number of alkyl halides is 2. The largest absolute Gasteiger partial charge is 0.497 e. The molecule has 0 bridgehead atoms. The molecule has 1 aromatic carbocycles. The molecule has 1 aromatic rings. The molecular weight excluding hydrogens is 280 g/mol. The van der Waals surface area contributed by atoms with E-state index in [0.29, 0.717) is 17.9 Å². The van der Waals surface area contributed by atoms with Crippen LogP contribution in [0.3, 0.4) is 0 Å². The Hall–Kier alpha value is -1.40. The second-order valence-corrected chi connectivity index (χ2v) is 5.28. The third-order valence-corrected chi connectivity index (χ3v) is 3.74. The first-order chi connectivity index (χ1) is 10.1. The van der Waals surface area contributed by atoms with E-state index in [0.717, 1.165) is 25.9 Å². The standard InChI is InChI=1S/C15H21F2NO3/c1-20-13-4-5-14(21-15(16)17)12(7-13)9-18-6-2-3-11(8-18)10-19/h4-5,7,11,15,19H,2-3,6,8-10H2,1H3. The van der Waals surface area contributed by atoms with Gasteiger partial charge in [0, 0.05) is 25.3 Å². The lowest BCUT2D eigenvalue weighted by Crippen LogP contribution is -2.36. The molecule has 0 saturated carbocycles. The summed E-state index contributed by atoms with van der Waals surface area (Å²) in [6, 6.07) is 4.84. The van der Waals surface area contributed by atoms with Gasteiger partial charge >= 0.3 is 6.61 Å². The molecule has 1 aliphatic heterocycles. The Kier molecular flexibility index (Phi) is 5.76. The number of benzene rings is 1. The quantitative estimate of drug-likeness (QED) is 0.876. The Bertz CT molecular complexity index is 457. The summed E-state index contributed by atoms with van der Waals surface area (Å²) in [7, 11) is 1.54. The smallest absolute Gasteiger partial charge is 0.387 e. The summed E-state index contributed by atoms with van der Waals surface area (Å²) in [5, 5.41) is 9.26. The van der Waals surface area contributed by atoms with Gasteiger partial charge in [0.05, 0.1) is 7.11 Å². The molecule has 0 amide bonds. The highest BCUT2D eigenvalue weighted by Crippen LogP contribution is 2.28. The Labute approximate surface area is 123 Å². The lowest BCUT2D eigenvalue weighted by Gasteiger charge is -2.32. The number of ether oxygens (including phenoxy) is 2. The molecule has 1 unspecified atom stereocenters. The maximum atomic E-state index is 12.5. The number of aliphatic hydroxyl groups excluding tert-OH is 1. The highest BCUT2D eigenvalue weighted by Gasteiger charge is 2.21. The molecule has 0 aromatic heterocycles. The Morgan fingerprint density at radius 2 is 2.24 bits per heavy atom. The third-order valence-electron chi connectivity index (χ3n) is 3.74. The molecule has 1 fully saturated rings. The minimum Gasteiger partial charge on any atom is -0.497 e. The van der Waals surface area contributed by atoms with Crippen molar-refractivity contribution in [2.45, 2.75) is 26.0 Å². The van der Waals surface area contributed by atoms with E-state index in [-0.39, 0.29) is 18.3 Å². The minimum absolute atomic E-state index is 0.162. The number of halogens is 2. The van der Waals surface area contributed by atoms with Gasteiger partial charge in [0.25, 0.3) is 0 Å². The fourth-order valence-electron chi connectivity index (χ4n) is 2.70. The van der Waals surface area contributed by atoms with Crippen LogP contribution in [0.2, 0.25) is 0 Å². The molecule has 1 saturated heterocycles. The average Bonchev–Trinajstić information content (AvgIpc) is 2.48. The molecule has 6 heteroatoms. The first kappa shape index (κ1) is 16.0. The van der Waals surface area contributed by atoms with Crippen molar-refractivity contribution in [3.8, 4) is 11.5 Å². The number of methoxy groups -OCH3 is 1. The van der Waals surface area contributed by atoms with Crippen LogP contribution < -0.4 is 9.47 Å². The lowest BCUT2D eigenvalue weighted by atomic mass is 9.98. The van der Waals surface area contributed by atoms with Crippen molar-refractivity contribution in [2.75, 3.05) is 26.8 Å². The van der Waals surface area contributed by atoms with Crippen LogP contribution in [0, 0.1) is 5.92 Å². The van der Waals surface area contributed by atoms with E-state index in [1.807, 2.05) is 0 Å². The zero-order valence-electron chi connectivity index (χ0n) is 12.1. The maximum Gasteiger partial charge on any atom is 0.387 e. The third kappa shape index (κ3) is 4.54. The van der Waals surface area contributed by atoms with Gasteiger partial charge < -0.3 is 14.6 Å². The molecule has 0 radical (unpaired) electrons. The number of nitrogens with zero attached hydrogens (tertiary/aromatic N) is 1. The van der Waals surface area contributed by atoms with Crippen molar-refractivity contribution in [3.05, 3.63) is 23.8 Å². The predicted octanol–water partition coefficient (Wildman–Crippen LogP) is 2.50. The van der Waals surface area contributed by atoms with Crippen molar-refractivity contribution in [2.24, 2.45) is 5.92 Å². The van der Waals surface area contributed by atoms with Gasteiger partial charge in [-0.3, -0.25) is 4.90 Å². The van der Waals surface area contributed by atoms with Gasteiger partial charge in [-0.15, -0.1) is 0 Å². The van der Waals surface area contributed by atoms with E-state index in [1.165, 1.54) is 13.2 Å². The molecule has 1 atom stereocenters. The van der Waals surface area contributed by atoms with Gasteiger partial charge in [-0.1, -0.05) is 0 Å². The predicted molar refractivity (Wildman–Crippen MR) is 74.7 cm³/mol. The highest BCUT2D eigenvalue weighted by molar-refractivity contribution is 5.40. The summed E-state index contributed by atoms with van der Waals surface area (Å²) in [5.41, 5.74) is 0.674. The lowest BCUT2D eigenvalue weighted by molar-refractivity contribution is -0.0509. The Morgan fingerprint density at radius 3 is 2.90 bits per heavy atom. The molecule has 1 N–H and O–H groups in total. The van der Waals surface area contributed by atoms with Crippen LogP contribution in [0.25, 0.3) is 0 Å². The van der Waals surface area contributed by atoms with Gasteiger partial charge in [-0.05, 0) is 43.5 Å².